The van der Waals surface area contributed by atoms with Crippen LogP contribution in [0.1, 0.15) is 43.5 Å². The Morgan fingerprint density at radius 3 is 2.72 bits per heavy atom. The molecule has 0 saturated carbocycles. The number of carbonyl (C=O) groups is 2. The Kier molecular flexibility index (Phi) is 9.64. The van der Waals surface area contributed by atoms with E-state index in [1.54, 1.807) is 24.3 Å². The van der Waals surface area contributed by atoms with E-state index in [1.807, 2.05) is 6.07 Å². The van der Waals surface area contributed by atoms with Crippen molar-refractivity contribution in [3.8, 4) is 6.07 Å². The molecule has 0 spiro atoms. The van der Waals surface area contributed by atoms with Crippen LogP contribution in [0.4, 0.5) is 5.69 Å². The van der Waals surface area contributed by atoms with E-state index in [2.05, 4.69) is 17.6 Å². The van der Waals surface area contributed by atoms with Crippen molar-refractivity contribution in [1.29, 1.82) is 5.26 Å². The van der Waals surface area contributed by atoms with Crippen LogP contribution in [0, 0.1) is 11.3 Å². The molecule has 0 atom stereocenters. The molecular formula is C19H25N3O3. The van der Waals surface area contributed by atoms with Gasteiger partial charge < -0.3 is 15.4 Å². The van der Waals surface area contributed by atoms with Crippen LogP contribution in [-0.4, -0.2) is 31.4 Å². The molecule has 0 aliphatic heterocycles. The van der Waals surface area contributed by atoms with Crippen LogP contribution in [0.25, 0.3) is 0 Å². The molecule has 0 aliphatic rings. The largest absolute Gasteiger partial charge is 0.381 e. The number of anilines is 1. The van der Waals surface area contributed by atoms with E-state index in [4.69, 9.17) is 10.00 Å². The molecule has 134 valence electrons. The smallest absolute Gasteiger partial charge is 0.263 e. The summed E-state index contributed by atoms with van der Waals surface area (Å²) in [5.41, 5.74) is 1.17. The minimum Gasteiger partial charge on any atom is -0.381 e. The molecule has 1 aromatic carbocycles. The number of nitrogens with zero attached hydrogens (tertiary/aromatic N) is 1. The van der Waals surface area contributed by atoms with Crippen LogP contribution in [0.15, 0.2) is 36.0 Å². The molecule has 25 heavy (non-hydrogen) atoms. The van der Waals surface area contributed by atoms with Gasteiger partial charge in [0.05, 0.1) is 0 Å². The summed E-state index contributed by atoms with van der Waals surface area (Å²) in [5, 5.41) is 14.7. The topological polar surface area (TPSA) is 91.2 Å². The SMILES string of the molecule is CCCCOCCCNC(=O)/C(C#N)=C\Nc1cccc(C(C)=O)c1. The number of hydrogen-bond donors (Lipinski definition) is 2. The zero-order chi connectivity index (χ0) is 18.5. The molecule has 0 saturated heterocycles. The molecule has 0 aliphatic carbocycles. The predicted octanol–water partition coefficient (Wildman–Crippen LogP) is 3.03. The fourth-order valence-electron chi connectivity index (χ4n) is 1.95. The van der Waals surface area contributed by atoms with Crippen molar-refractivity contribution >= 4 is 17.4 Å². The zero-order valence-electron chi connectivity index (χ0n) is 14.8. The van der Waals surface area contributed by atoms with Crippen molar-refractivity contribution < 1.29 is 14.3 Å². The fourth-order valence-corrected chi connectivity index (χ4v) is 1.95. The first-order chi connectivity index (χ1) is 12.1. The molecule has 0 aromatic heterocycles. The second-order valence-corrected chi connectivity index (χ2v) is 5.53. The number of Topliss-reactive ketones (excluding diaryl/α,β-unsaturated/α-hetero) is 1. The van der Waals surface area contributed by atoms with Gasteiger partial charge in [-0.2, -0.15) is 5.26 Å². The van der Waals surface area contributed by atoms with E-state index in [0.717, 1.165) is 19.4 Å². The van der Waals surface area contributed by atoms with Crippen LogP contribution >= 0.6 is 0 Å². The summed E-state index contributed by atoms with van der Waals surface area (Å²) in [6, 6.07) is 8.73. The summed E-state index contributed by atoms with van der Waals surface area (Å²) >= 11 is 0. The molecular weight excluding hydrogens is 318 g/mol. The number of ketones is 1. The van der Waals surface area contributed by atoms with Gasteiger partial charge in [-0.15, -0.1) is 0 Å². The average molecular weight is 343 g/mol. The Morgan fingerprint density at radius 2 is 2.04 bits per heavy atom. The summed E-state index contributed by atoms with van der Waals surface area (Å²) in [6.45, 7) is 5.35. The van der Waals surface area contributed by atoms with Gasteiger partial charge in [0.2, 0.25) is 0 Å². The lowest BCUT2D eigenvalue weighted by molar-refractivity contribution is -0.117. The minimum atomic E-state index is -0.439. The normalized spacial score (nSPS) is 10.8. The summed E-state index contributed by atoms with van der Waals surface area (Å²) in [6.07, 6.45) is 4.16. The van der Waals surface area contributed by atoms with Crippen molar-refractivity contribution in [3.63, 3.8) is 0 Å². The van der Waals surface area contributed by atoms with Crippen LogP contribution < -0.4 is 10.6 Å². The second-order valence-electron chi connectivity index (χ2n) is 5.53. The lowest BCUT2D eigenvalue weighted by Crippen LogP contribution is -2.26. The first-order valence-electron chi connectivity index (χ1n) is 8.42. The number of hydrogen-bond acceptors (Lipinski definition) is 5. The first-order valence-corrected chi connectivity index (χ1v) is 8.42. The minimum absolute atomic E-state index is 0.0277. The Morgan fingerprint density at radius 1 is 1.28 bits per heavy atom. The summed E-state index contributed by atoms with van der Waals surface area (Å²) in [5.74, 6) is -0.488. The van der Waals surface area contributed by atoms with Crippen molar-refractivity contribution in [1.82, 2.24) is 5.32 Å². The van der Waals surface area contributed by atoms with E-state index in [9.17, 15) is 9.59 Å². The third-order valence-electron chi connectivity index (χ3n) is 3.41. The van der Waals surface area contributed by atoms with Crippen LogP contribution in [-0.2, 0) is 9.53 Å². The maximum Gasteiger partial charge on any atom is 0.263 e. The van der Waals surface area contributed by atoms with Gasteiger partial charge in [-0.05, 0) is 31.9 Å². The number of amides is 1. The maximum absolute atomic E-state index is 12.0. The van der Waals surface area contributed by atoms with Gasteiger partial charge in [0, 0.05) is 37.2 Å². The Balaban J connectivity index is 2.45. The molecule has 1 aromatic rings. The van der Waals surface area contributed by atoms with Gasteiger partial charge in [-0.3, -0.25) is 9.59 Å². The van der Waals surface area contributed by atoms with Crippen molar-refractivity contribution in [2.75, 3.05) is 25.1 Å². The maximum atomic E-state index is 12.0. The number of carbonyl (C=O) groups excluding carboxylic acids is 2. The second kappa shape index (κ2) is 11.8. The van der Waals surface area contributed by atoms with Crippen LogP contribution in [0.5, 0.6) is 0 Å². The van der Waals surface area contributed by atoms with E-state index in [-0.39, 0.29) is 11.4 Å². The monoisotopic (exact) mass is 343 g/mol. The van der Waals surface area contributed by atoms with Gasteiger partial charge in [-0.1, -0.05) is 25.5 Å². The first kappa shape index (κ1) is 20.4. The molecule has 0 bridgehead atoms. The molecule has 6 nitrogen and oxygen atoms in total. The highest BCUT2D eigenvalue weighted by molar-refractivity contribution is 5.97. The van der Waals surface area contributed by atoms with Crippen molar-refractivity contribution in [2.45, 2.75) is 33.1 Å². The highest BCUT2D eigenvalue weighted by Crippen LogP contribution is 2.11. The summed E-state index contributed by atoms with van der Waals surface area (Å²) in [4.78, 5) is 23.3. The molecule has 1 amide bonds. The number of benzene rings is 1. The molecule has 6 heteroatoms. The number of unbranched alkanes of at least 4 members (excludes halogenated alkanes) is 1. The Hall–Kier alpha value is -2.65. The zero-order valence-corrected chi connectivity index (χ0v) is 14.8. The van der Waals surface area contributed by atoms with Crippen molar-refractivity contribution in [2.24, 2.45) is 0 Å². The standard InChI is InChI=1S/C19H25N3O3/c1-3-4-10-25-11-6-9-21-19(24)17(13-20)14-22-18-8-5-7-16(12-18)15(2)23/h5,7-8,12,14,22H,3-4,6,9-11H2,1-2H3,(H,21,24)/b17-14-. The van der Waals surface area contributed by atoms with Gasteiger partial charge in [0.15, 0.2) is 5.78 Å². The Bertz CT molecular complexity index is 648. The fraction of sp³-hybridized carbons (Fsp3) is 0.421. The highest BCUT2D eigenvalue weighted by Gasteiger charge is 2.08. The van der Waals surface area contributed by atoms with Gasteiger partial charge in [0.1, 0.15) is 11.6 Å². The average Bonchev–Trinajstić information content (AvgIpc) is 2.61. The molecule has 1 rings (SSSR count). The van der Waals surface area contributed by atoms with E-state index >= 15 is 0 Å². The Labute approximate surface area is 148 Å². The molecule has 0 unspecified atom stereocenters. The lowest BCUT2D eigenvalue weighted by atomic mass is 10.1. The molecule has 2 N–H and O–H groups in total. The quantitative estimate of drug-likeness (QED) is 0.279. The van der Waals surface area contributed by atoms with E-state index in [0.29, 0.717) is 30.8 Å². The van der Waals surface area contributed by atoms with Gasteiger partial charge >= 0.3 is 0 Å². The molecule has 0 fully saturated rings. The number of ether oxygens (including phenoxy) is 1. The van der Waals surface area contributed by atoms with E-state index in [1.165, 1.54) is 13.1 Å². The molecule has 0 radical (unpaired) electrons. The van der Waals surface area contributed by atoms with Gasteiger partial charge in [-0.25, -0.2) is 0 Å². The number of nitriles is 1. The van der Waals surface area contributed by atoms with E-state index < -0.39 is 5.91 Å². The summed E-state index contributed by atoms with van der Waals surface area (Å²) in [7, 11) is 0. The van der Waals surface area contributed by atoms with Gasteiger partial charge in [0.25, 0.3) is 5.91 Å². The number of nitrogens with one attached hydrogen (secondary N) is 2. The molecule has 0 heterocycles. The third kappa shape index (κ3) is 8.13. The third-order valence-corrected chi connectivity index (χ3v) is 3.41. The van der Waals surface area contributed by atoms with Crippen LogP contribution in [0.3, 0.4) is 0 Å². The van der Waals surface area contributed by atoms with Crippen molar-refractivity contribution in [3.05, 3.63) is 41.6 Å². The highest BCUT2D eigenvalue weighted by atomic mass is 16.5. The number of rotatable bonds is 11. The predicted molar refractivity (Wildman–Crippen MR) is 97.1 cm³/mol. The lowest BCUT2D eigenvalue weighted by Gasteiger charge is -2.06. The summed E-state index contributed by atoms with van der Waals surface area (Å²) < 4.78 is 5.41. The van der Waals surface area contributed by atoms with Crippen LogP contribution in [0.2, 0.25) is 0 Å².